The Balaban J connectivity index is 4.27. The van der Waals surface area contributed by atoms with E-state index in [1.165, 1.54) is 0 Å². The van der Waals surface area contributed by atoms with Crippen molar-refractivity contribution < 1.29 is 37.6 Å². The van der Waals surface area contributed by atoms with Crippen LogP contribution in [0.5, 0.6) is 0 Å². The molecular weight excluding hydrogens is 651 g/mol. The van der Waals surface area contributed by atoms with Crippen LogP contribution in [-0.2, 0) is 32.7 Å². The number of phosphoric ester groups is 1. The molecule has 0 bridgehead atoms. The van der Waals surface area contributed by atoms with E-state index in [1.807, 2.05) is 0 Å². The van der Waals surface area contributed by atoms with Gasteiger partial charge in [0.1, 0.15) is 6.61 Å². The van der Waals surface area contributed by atoms with Crippen LogP contribution in [0.4, 0.5) is 0 Å². The molecule has 0 aliphatic carbocycles. The van der Waals surface area contributed by atoms with Gasteiger partial charge in [0, 0.05) is 12.8 Å². The first-order valence-corrected chi connectivity index (χ1v) is 20.4. The Morgan fingerprint density at radius 2 is 0.960 bits per heavy atom. The number of phosphoric acid groups is 1. The van der Waals surface area contributed by atoms with Crippen molar-refractivity contribution in [1.29, 1.82) is 0 Å². The van der Waals surface area contributed by atoms with E-state index in [1.54, 1.807) is 6.92 Å². The van der Waals surface area contributed by atoms with E-state index < -0.39 is 32.5 Å². The Hall–Kier alpha value is -2.77. The fourth-order valence-corrected chi connectivity index (χ4v) is 5.27. The molecule has 50 heavy (non-hydrogen) atoms. The van der Waals surface area contributed by atoms with Gasteiger partial charge in [-0.15, -0.1) is 0 Å². The molecule has 0 aliphatic rings. The number of esters is 2. The molecule has 0 aromatic heterocycles. The lowest BCUT2D eigenvalue weighted by molar-refractivity contribution is -0.161. The van der Waals surface area contributed by atoms with Crippen LogP contribution in [0.15, 0.2) is 85.1 Å². The molecule has 0 saturated carbocycles. The molecule has 0 amide bonds. The second-order valence-electron chi connectivity index (χ2n) is 11.8. The first-order valence-electron chi connectivity index (χ1n) is 18.9. The lowest BCUT2D eigenvalue weighted by Crippen LogP contribution is -2.29. The zero-order chi connectivity index (χ0) is 36.8. The van der Waals surface area contributed by atoms with Gasteiger partial charge < -0.3 is 14.4 Å². The summed E-state index contributed by atoms with van der Waals surface area (Å²) in [5.74, 6) is -0.872. The van der Waals surface area contributed by atoms with Gasteiger partial charge in [-0.2, -0.15) is 0 Å². The van der Waals surface area contributed by atoms with Gasteiger partial charge in [-0.1, -0.05) is 118 Å². The third-order valence-electron chi connectivity index (χ3n) is 7.20. The molecule has 8 nitrogen and oxygen atoms in total. The fraction of sp³-hybridized carbons (Fsp3) is 0.610. The highest BCUT2D eigenvalue weighted by Gasteiger charge is 2.25. The molecular formula is C41H67O8P. The van der Waals surface area contributed by atoms with Crippen LogP contribution in [0.3, 0.4) is 0 Å². The maximum absolute atomic E-state index is 12.5. The number of hydrogen-bond acceptors (Lipinski definition) is 7. The minimum atomic E-state index is -4.29. The summed E-state index contributed by atoms with van der Waals surface area (Å²) in [4.78, 5) is 34.6. The number of allylic oxidation sites excluding steroid dienone is 14. The van der Waals surface area contributed by atoms with E-state index in [2.05, 4.69) is 98.9 Å². The maximum Gasteiger partial charge on any atom is 0.472 e. The summed E-state index contributed by atoms with van der Waals surface area (Å²) in [7, 11) is -4.29. The quantitative estimate of drug-likeness (QED) is 0.0309. The van der Waals surface area contributed by atoms with E-state index in [4.69, 9.17) is 18.5 Å². The highest BCUT2D eigenvalue weighted by Crippen LogP contribution is 2.43. The molecule has 1 N–H and O–H groups in total. The van der Waals surface area contributed by atoms with Crippen LogP contribution >= 0.6 is 7.82 Å². The van der Waals surface area contributed by atoms with E-state index in [0.29, 0.717) is 12.8 Å². The molecule has 0 aromatic rings. The average Bonchev–Trinajstić information content (AvgIpc) is 3.09. The molecule has 0 aliphatic heterocycles. The number of ether oxygens (including phenoxy) is 2. The van der Waals surface area contributed by atoms with Crippen LogP contribution < -0.4 is 0 Å². The van der Waals surface area contributed by atoms with Crippen LogP contribution in [0.1, 0.15) is 136 Å². The zero-order valence-corrected chi connectivity index (χ0v) is 32.2. The van der Waals surface area contributed by atoms with E-state index in [-0.39, 0.29) is 26.1 Å². The van der Waals surface area contributed by atoms with Gasteiger partial charge in [-0.3, -0.25) is 18.6 Å². The van der Waals surface area contributed by atoms with E-state index in [0.717, 1.165) is 89.9 Å². The Bertz CT molecular complexity index is 1090. The van der Waals surface area contributed by atoms with E-state index >= 15 is 0 Å². The highest BCUT2D eigenvalue weighted by atomic mass is 31.2. The second-order valence-corrected chi connectivity index (χ2v) is 13.3. The van der Waals surface area contributed by atoms with Gasteiger partial charge in [0.05, 0.1) is 13.2 Å². The van der Waals surface area contributed by atoms with Gasteiger partial charge in [-0.25, -0.2) is 4.57 Å². The number of carbonyl (C=O) groups is 2. The van der Waals surface area contributed by atoms with Crippen molar-refractivity contribution in [3.05, 3.63) is 85.1 Å². The summed E-state index contributed by atoms with van der Waals surface area (Å²) in [6.45, 7) is 5.14. The Labute approximate surface area is 304 Å². The van der Waals surface area contributed by atoms with Crippen LogP contribution in [0.25, 0.3) is 0 Å². The minimum Gasteiger partial charge on any atom is -0.462 e. The van der Waals surface area contributed by atoms with Crippen molar-refractivity contribution in [3.63, 3.8) is 0 Å². The Kier molecular flexibility index (Phi) is 34.0. The lowest BCUT2D eigenvalue weighted by atomic mass is 10.1. The standard InChI is InChI=1S/C41H67O8P/c1-4-7-9-11-13-15-17-19-20-21-22-24-26-28-30-32-34-36-41(43)49-39(38-48-50(44,45)47-6-3)37-46-40(42)35-33-31-29-27-25-23-18-16-14-12-10-8-5-2/h7-10,13-16,19-20,22-25,39H,4-6,11-12,17-18,21,26-38H2,1-3H3,(H,44,45)/b9-7-,10-8-,15-13-,16-14-,20-19-,24-22-,25-23-. The summed E-state index contributed by atoms with van der Waals surface area (Å²) in [5, 5.41) is 0. The summed E-state index contributed by atoms with van der Waals surface area (Å²) >= 11 is 0. The molecule has 0 heterocycles. The predicted octanol–water partition coefficient (Wildman–Crippen LogP) is 11.5. The summed E-state index contributed by atoms with van der Waals surface area (Å²) in [6.07, 6.45) is 45.0. The Morgan fingerprint density at radius 1 is 0.540 bits per heavy atom. The number of hydrogen-bond donors (Lipinski definition) is 1. The highest BCUT2D eigenvalue weighted by molar-refractivity contribution is 7.47. The van der Waals surface area contributed by atoms with Gasteiger partial charge in [-0.05, 0) is 90.4 Å². The molecule has 9 heteroatoms. The summed E-state index contributed by atoms with van der Waals surface area (Å²) < 4.78 is 32.5. The van der Waals surface area contributed by atoms with Crippen molar-refractivity contribution >= 4 is 19.8 Å². The molecule has 0 aromatic carbocycles. The lowest BCUT2D eigenvalue weighted by Gasteiger charge is -2.19. The van der Waals surface area contributed by atoms with Gasteiger partial charge in [0.2, 0.25) is 0 Å². The minimum absolute atomic E-state index is 0.0146. The first kappa shape index (κ1) is 47.2. The SMILES string of the molecule is CC/C=C\C/C=C\C/C=C\C/C=C\CCCCCCC(=O)OC(COC(=O)CCCCC/C=C\C/C=C\C/C=C\CC)COP(=O)(O)OCC. The van der Waals surface area contributed by atoms with Gasteiger partial charge in [0.25, 0.3) is 0 Å². The topological polar surface area (TPSA) is 108 Å². The van der Waals surface area contributed by atoms with Crippen LogP contribution in [0, 0.1) is 0 Å². The predicted molar refractivity (Wildman–Crippen MR) is 207 cm³/mol. The molecule has 0 radical (unpaired) electrons. The van der Waals surface area contributed by atoms with E-state index in [9.17, 15) is 19.0 Å². The van der Waals surface area contributed by atoms with Crippen LogP contribution in [-0.4, -0.2) is 42.8 Å². The van der Waals surface area contributed by atoms with Crippen molar-refractivity contribution in [2.45, 2.75) is 142 Å². The third-order valence-corrected chi connectivity index (χ3v) is 8.26. The molecule has 284 valence electrons. The molecule has 0 saturated heterocycles. The number of unbranched alkanes of at least 4 members (excludes halogenated alkanes) is 7. The average molecular weight is 719 g/mol. The second kappa shape index (κ2) is 36.0. The molecule has 2 atom stereocenters. The van der Waals surface area contributed by atoms with Gasteiger partial charge in [0.15, 0.2) is 6.10 Å². The van der Waals surface area contributed by atoms with Crippen molar-refractivity contribution in [2.24, 2.45) is 0 Å². The molecule has 0 fully saturated rings. The van der Waals surface area contributed by atoms with Crippen molar-refractivity contribution in [1.82, 2.24) is 0 Å². The smallest absolute Gasteiger partial charge is 0.462 e. The zero-order valence-electron chi connectivity index (χ0n) is 31.3. The largest absolute Gasteiger partial charge is 0.472 e. The fourth-order valence-electron chi connectivity index (χ4n) is 4.51. The monoisotopic (exact) mass is 718 g/mol. The first-order chi connectivity index (χ1) is 24.3. The maximum atomic E-state index is 12.5. The molecule has 0 rings (SSSR count). The summed E-state index contributed by atoms with van der Waals surface area (Å²) in [5.41, 5.74) is 0. The van der Waals surface area contributed by atoms with Crippen molar-refractivity contribution in [2.75, 3.05) is 19.8 Å². The number of rotatable bonds is 33. The van der Waals surface area contributed by atoms with Crippen LogP contribution in [0.2, 0.25) is 0 Å². The third kappa shape index (κ3) is 35.1. The number of carbonyl (C=O) groups excluding carboxylic acids is 2. The molecule has 0 spiro atoms. The Morgan fingerprint density at radius 3 is 1.44 bits per heavy atom. The molecule has 2 unspecified atom stereocenters. The van der Waals surface area contributed by atoms with Gasteiger partial charge >= 0.3 is 19.8 Å². The summed E-state index contributed by atoms with van der Waals surface area (Å²) in [6, 6.07) is 0. The normalized spacial score (nSPS) is 14.4. The van der Waals surface area contributed by atoms with Crippen molar-refractivity contribution in [3.8, 4) is 0 Å².